The van der Waals surface area contributed by atoms with Gasteiger partial charge in [0.25, 0.3) is 5.91 Å². The number of hydrogen-bond donors (Lipinski definition) is 1. The van der Waals surface area contributed by atoms with Crippen LogP contribution in [0, 0.1) is 13.8 Å². The van der Waals surface area contributed by atoms with Crippen molar-refractivity contribution in [2.24, 2.45) is 5.10 Å². The van der Waals surface area contributed by atoms with Crippen molar-refractivity contribution in [1.82, 2.24) is 10.3 Å². The summed E-state index contributed by atoms with van der Waals surface area (Å²) >= 11 is 1.72. The number of carbonyl (C=O) groups excluding carboxylic acids is 2. The van der Waals surface area contributed by atoms with Gasteiger partial charge in [-0.15, -0.1) is 11.3 Å². The number of amides is 2. The average molecular weight is 321 g/mol. The molecule has 5 nitrogen and oxygen atoms in total. The molecule has 1 N–H and O–H groups in total. The van der Waals surface area contributed by atoms with E-state index in [9.17, 15) is 9.59 Å². The summed E-state index contributed by atoms with van der Waals surface area (Å²) < 4.78 is 0. The fraction of sp³-hybridized carbons (Fsp3) is 0.562. The van der Waals surface area contributed by atoms with Gasteiger partial charge in [0, 0.05) is 28.3 Å². The molecule has 0 bridgehead atoms. The number of nitrogens with one attached hydrogen (secondary N) is 1. The number of hydrazone groups is 1. The van der Waals surface area contributed by atoms with Crippen LogP contribution in [0.5, 0.6) is 0 Å². The van der Waals surface area contributed by atoms with Crippen LogP contribution >= 0.6 is 11.3 Å². The van der Waals surface area contributed by atoms with E-state index in [4.69, 9.17) is 0 Å². The fourth-order valence-corrected chi connectivity index (χ4v) is 3.59. The van der Waals surface area contributed by atoms with Crippen LogP contribution in [-0.2, 0) is 9.59 Å². The van der Waals surface area contributed by atoms with E-state index in [1.807, 2.05) is 13.8 Å². The lowest BCUT2D eigenvalue weighted by atomic mass is 10.2. The smallest absolute Gasteiger partial charge is 0.259 e. The zero-order chi connectivity index (χ0) is 16.1. The molecule has 1 fully saturated rings. The number of rotatable bonds is 4. The second kappa shape index (κ2) is 7.54. The summed E-state index contributed by atoms with van der Waals surface area (Å²) in [6.45, 7) is 6.74. The Balaban J connectivity index is 1.92. The van der Waals surface area contributed by atoms with Crippen LogP contribution in [0.15, 0.2) is 11.2 Å². The maximum absolute atomic E-state index is 12.0. The minimum absolute atomic E-state index is 0.0673. The third kappa shape index (κ3) is 4.40. The van der Waals surface area contributed by atoms with E-state index in [1.165, 1.54) is 9.75 Å². The predicted octanol–water partition coefficient (Wildman–Crippen LogP) is 2.61. The van der Waals surface area contributed by atoms with Gasteiger partial charge in [0.2, 0.25) is 5.91 Å². The standard InChI is InChI=1S/C16H23N3O2S/c1-11-9-14(13(3)22-11)12(2)17-18-15(20)10-19-8-6-4-5-7-16(19)21/h9H,4-8,10H2,1-3H3,(H,18,20)/b17-12-. The first kappa shape index (κ1) is 16.7. The molecule has 1 aliphatic rings. The van der Waals surface area contributed by atoms with Gasteiger partial charge < -0.3 is 4.90 Å². The van der Waals surface area contributed by atoms with E-state index in [0.717, 1.165) is 30.5 Å². The normalized spacial score (nSPS) is 16.6. The highest BCUT2D eigenvalue weighted by atomic mass is 32.1. The van der Waals surface area contributed by atoms with Crippen molar-refractivity contribution in [3.63, 3.8) is 0 Å². The molecule has 1 saturated heterocycles. The second-order valence-electron chi connectivity index (χ2n) is 5.69. The van der Waals surface area contributed by atoms with Crippen molar-refractivity contribution >= 4 is 28.9 Å². The van der Waals surface area contributed by atoms with E-state index >= 15 is 0 Å². The van der Waals surface area contributed by atoms with Gasteiger partial charge in [0.15, 0.2) is 0 Å². The molecule has 22 heavy (non-hydrogen) atoms. The van der Waals surface area contributed by atoms with Crippen LogP contribution < -0.4 is 5.43 Å². The van der Waals surface area contributed by atoms with Crippen molar-refractivity contribution in [2.45, 2.75) is 46.5 Å². The monoisotopic (exact) mass is 321 g/mol. The molecule has 2 heterocycles. The first-order valence-electron chi connectivity index (χ1n) is 7.65. The first-order chi connectivity index (χ1) is 10.5. The first-order valence-corrected chi connectivity index (χ1v) is 8.47. The molecular weight excluding hydrogens is 298 g/mol. The van der Waals surface area contributed by atoms with Crippen LogP contribution in [0.1, 0.15) is 47.9 Å². The molecule has 0 spiro atoms. The summed E-state index contributed by atoms with van der Waals surface area (Å²) in [5.41, 5.74) is 4.42. The number of aryl methyl sites for hydroxylation is 2. The quantitative estimate of drug-likeness (QED) is 0.684. The fourth-order valence-electron chi connectivity index (χ4n) is 2.61. The zero-order valence-corrected chi connectivity index (χ0v) is 14.3. The van der Waals surface area contributed by atoms with Crippen LogP contribution in [0.4, 0.5) is 0 Å². The molecule has 0 saturated carbocycles. The Morgan fingerprint density at radius 1 is 1.36 bits per heavy atom. The Labute approximate surface area is 135 Å². The molecule has 0 aromatic carbocycles. The van der Waals surface area contributed by atoms with Gasteiger partial charge in [0.05, 0.1) is 5.71 Å². The number of hydrogen-bond acceptors (Lipinski definition) is 4. The van der Waals surface area contributed by atoms with E-state index in [-0.39, 0.29) is 18.4 Å². The molecular formula is C16H23N3O2S. The number of nitrogens with zero attached hydrogens (tertiary/aromatic N) is 2. The third-order valence-corrected chi connectivity index (χ3v) is 4.75. The Bertz CT molecular complexity index is 592. The van der Waals surface area contributed by atoms with Gasteiger partial charge >= 0.3 is 0 Å². The van der Waals surface area contributed by atoms with Gasteiger partial charge in [-0.1, -0.05) is 6.42 Å². The highest BCUT2D eigenvalue weighted by molar-refractivity contribution is 7.12. The molecule has 1 aliphatic heterocycles. The van der Waals surface area contributed by atoms with Crippen LogP contribution in [0.2, 0.25) is 0 Å². The molecule has 1 aromatic rings. The van der Waals surface area contributed by atoms with E-state index in [0.29, 0.717) is 13.0 Å². The van der Waals surface area contributed by atoms with Gasteiger partial charge in [0.1, 0.15) is 6.54 Å². The van der Waals surface area contributed by atoms with Crippen molar-refractivity contribution in [1.29, 1.82) is 0 Å². The largest absolute Gasteiger partial charge is 0.333 e. The van der Waals surface area contributed by atoms with Crippen LogP contribution in [0.3, 0.4) is 0 Å². The molecule has 120 valence electrons. The Morgan fingerprint density at radius 3 is 2.82 bits per heavy atom. The predicted molar refractivity (Wildman–Crippen MR) is 89.2 cm³/mol. The SMILES string of the molecule is C/C(=N/NC(=O)CN1CCCCCC1=O)c1cc(C)sc1C. The zero-order valence-electron chi connectivity index (χ0n) is 13.4. The average Bonchev–Trinajstić information content (AvgIpc) is 2.68. The molecule has 0 aliphatic carbocycles. The summed E-state index contributed by atoms with van der Waals surface area (Å²) in [5.74, 6) is -0.170. The summed E-state index contributed by atoms with van der Waals surface area (Å²) in [7, 11) is 0. The van der Waals surface area contributed by atoms with Crippen molar-refractivity contribution in [2.75, 3.05) is 13.1 Å². The van der Waals surface area contributed by atoms with Crippen molar-refractivity contribution in [3.05, 3.63) is 21.4 Å². The van der Waals surface area contributed by atoms with Crippen molar-refractivity contribution < 1.29 is 9.59 Å². The Morgan fingerprint density at radius 2 is 2.14 bits per heavy atom. The molecule has 0 atom stereocenters. The Kier molecular flexibility index (Phi) is 5.71. The van der Waals surface area contributed by atoms with Crippen LogP contribution in [0.25, 0.3) is 0 Å². The lowest BCUT2D eigenvalue weighted by Crippen LogP contribution is -2.39. The Hall–Kier alpha value is -1.69. The topological polar surface area (TPSA) is 61.8 Å². The second-order valence-corrected chi connectivity index (χ2v) is 7.15. The summed E-state index contributed by atoms with van der Waals surface area (Å²) in [6, 6.07) is 2.07. The summed E-state index contributed by atoms with van der Waals surface area (Å²) in [6.07, 6.45) is 3.49. The number of carbonyl (C=O) groups is 2. The highest BCUT2D eigenvalue weighted by Gasteiger charge is 2.19. The number of thiophene rings is 1. The minimum Gasteiger partial charge on any atom is -0.333 e. The van der Waals surface area contributed by atoms with Crippen LogP contribution in [-0.4, -0.2) is 35.5 Å². The maximum Gasteiger partial charge on any atom is 0.259 e. The minimum atomic E-state index is -0.237. The van der Waals surface area contributed by atoms with Gasteiger partial charge in [-0.3, -0.25) is 9.59 Å². The van der Waals surface area contributed by atoms with Gasteiger partial charge in [-0.05, 0) is 39.7 Å². The van der Waals surface area contributed by atoms with Crippen molar-refractivity contribution in [3.8, 4) is 0 Å². The highest BCUT2D eigenvalue weighted by Crippen LogP contribution is 2.21. The molecule has 0 radical (unpaired) electrons. The van der Waals surface area contributed by atoms with E-state index < -0.39 is 0 Å². The number of likely N-dealkylation sites (tertiary alicyclic amines) is 1. The molecule has 2 amide bonds. The van der Waals surface area contributed by atoms with Gasteiger partial charge in [-0.25, -0.2) is 5.43 Å². The van der Waals surface area contributed by atoms with E-state index in [1.54, 1.807) is 16.2 Å². The summed E-state index contributed by atoms with van der Waals surface area (Å²) in [5, 5.41) is 4.17. The maximum atomic E-state index is 12.0. The molecule has 0 unspecified atom stereocenters. The third-order valence-electron chi connectivity index (χ3n) is 3.78. The molecule has 6 heteroatoms. The molecule has 1 aromatic heterocycles. The molecule has 2 rings (SSSR count). The summed E-state index contributed by atoms with van der Waals surface area (Å²) in [4.78, 5) is 27.9. The lowest BCUT2D eigenvalue weighted by Gasteiger charge is -2.19. The van der Waals surface area contributed by atoms with E-state index in [2.05, 4.69) is 23.5 Å². The lowest BCUT2D eigenvalue weighted by molar-refractivity contribution is -0.135. The van der Waals surface area contributed by atoms with Gasteiger partial charge in [-0.2, -0.15) is 5.10 Å².